The van der Waals surface area contributed by atoms with E-state index in [1.165, 1.54) is 38.8 Å². The van der Waals surface area contributed by atoms with Crippen LogP contribution in [0.25, 0.3) is 11.0 Å². The predicted octanol–water partition coefficient (Wildman–Crippen LogP) is 4.34. The largest absolute Gasteiger partial charge is 0.478 e. The Morgan fingerprint density at radius 2 is 1.76 bits per heavy atom. The lowest BCUT2D eigenvalue weighted by Crippen LogP contribution is -2.28. The van der Waals surface area contributed by atoms with Gasteiger partial charge in [-0.15, -0.1) is 0 Å². The molecule has 0 aliphatic heterocycles. The summed E-state index contributed by atoms with van der Waals surface area (Å²) in [5.41, 5.74) is 2.09. The number of hydrogen-bond donors (Lipinski definition) is 1. The first-order valence-electron chi connectivity index (χ1n) is 9.49. The van der Waals surface area contributed by atoms with Gasteiger partial charge in [0.15, 0.2) is 0 Å². The van der Waals surface area contributed by atoms with E-state index in [-0.39, 0.29) is 0 Å². The molecule has 0 atom stereocenters. The number of carboxylic acids is 1. The summed E-state index contributed by atoms with van der Waals surface area (Å²) in [5.74, 6) is 0.0443. The molecule has 0 bridgehead atoms. The molecule has 0 spiro atoms. The van der Waals surface area contributed by atoms with Gasteiger partial charge in [-0.3, -0.25) is 0 Å². The molecule has 1 heterocycles. The van der Waals surface area contributed by atoms with E-state index in [2.05, 4.69) is 28.3 Å². The summed E-state index contributed by atoms with van der Waals surface area (Å²) in [6.07, 6.45) is 6.07. The van der Waals surface area contributed by atoms with E-state index in [4.69, 9.17) is 5.11 Å². The SMILES string of the molecule is CCCCN(CCCC)CCCn1c(C)nc2cc(C(=O)O)ccc21. The number of carbonyl (C=O) groups is 1. The van der Waals surface area contributed by atoms with Crippen molar-refractivity contribution in [2.45, 2.75) is 59.4 Å². The predicted molar refractivity (Wildman–Crippen MR) is 102 cm³/mol. The van der Waals surface area contributed by atoms with Crippen molar-refractivity contribution in [1.82, 2.24) is 14.5 Å². The highest BCUT2D eigenvalue weighted by Crippen LogP contribution is 2.18. The van der Waals surface area contributed by atoms with Crippen molar-refractivity contribution in [3.63, 3.8) is 0 Å². The maximum absolute atomic E-state index is 11.1. The summed E-state index contributed by atoms with van der Waals surface area (Å²) in [5, 5.41) is 9.12. The second kappa shape index (κ2) is 9.56. The average molecular weight is 345 g/mol. The molecule has 2 rings (SSSR count). The molecule has 138 valence electrons. The van der Waals surface area contributed by atoms with Gasteiger partial charge in [0.1, 0.15) is 5.82 Å². The Labute approximate surface area is 150 Å². The number of carboxylic acid groups (broad SMARTS) is 1. The fourth-order valence-electron chi connectivity index (χ4n) is 3.22. The molecule has 0 aliphatic rings. The zero-order valence-electron chi connectivity index (χ0n) is 15.8. The van der Waals surface area contributed by atoms with E-state index in [0.29, 0.717) is 5.56 Å². The molecular formula is C20H31N3O2. The van der Waals surface area contributed by atoms with Crippen LogP contribution in [-0.4, -0.2) is 45.2 Å². The van der Waals surface area contributed by atoms with Gasteiger partial charge in [0, 0.05) is 6.54 Å². The number of benzene rings is 1. The molecule has 1 aromatic carbocycles. The van der Waals surface area contributed by atoms with Gasteiger partial charge in [0.2, 0.25) is 0 Å². The van der Waals surface area contributed by atoms with Crippen LogP contribution >= 0.6 is 0 Å². The van der Waals surface area contributed by atoms with E-state index in [9.17, 15) is 4.79 Å². The summed E-state index contributed by atoms with van der Waals surface area (Å²) < 4.78 is 2.21. The minimum Gasteiger partial charge on any atom is -0.478 e. The van der Waals surface area contributed by atoms with Gasteiger partial charge in [-0.05, 0) is 64.0 Å². The van der Waals surface area contributed by atoms with E-state index in [0.717, 1.165) is 36.4 Å². The number of aromatic nitrogens is 2. The number of nitrogens with zero attached hydrogens (tertiary/aromatic N) is 3. The molecular weight excluding hydrogens is 314 g/mol. The van der Waals surface area contributed by atoms with Crippen LogP contribution in [-0.2, 0) is 6.54 Å². The first-order valence-corrected chi connectivity index (χ1v) is 9.49. The van der Waals surface area contributed by atoms with Gasteiger partial charge in [-0.25, -0.2) is 9.78 Å². The minimum atomic E-state index is -0.906. The third kappa shape index (κ3) is 5.30. The van der Waals surface area contributed by atoms with Gasteiger partial charge in [0.05, 0.1) is 16.6 Å². The summed E-state index contributed by atoms with van der Waals surface area (Å²) in [6.45, 7) is 10.9. The molecule has 5 heteroatoms. The molecule has 0 saturated heterocycles. The number of unbranched alkanes of at least 4 members (excludes halogenated alkanes) is 2. The Morgan fingerprint density at radius 3 is 2.36 bits per heavy atom. The van der Waals surface area contributed by atoms with Gasteiger partial charge in [0.25, 0.3) is 0 Å². The summed E-state index contributed by atoms with van der Waals surface area (Å²) in [4.78, 5) is 18.2. The number of aryl methyl sites for hydroxylation is 2. The van der Waals surface area contributed by atoms with Crippen LogP contribution in [0.15, 0.2) is 18.2 Å². The van der Waals surface area contributed by atoms with Crippen LogP contribution in [0, 0.1) is 6.92 Å². The lowest BCUT2D eigenvalue weighted by molar-refractivity contribution is 0.0697. The molecule has 5 nitrogen and oxygen atoms in total. The lowest BCUT2D eigenvalue weighted by Gasteiger charge is -2.22. The minimum absolute atomic E-state index is 0.294. The van der Waals surface area contributed by atoms with Gasteiger partial charge in [-0.1, -0.05) is 26.7 Å². The number of fused-ring (bicyclic) bond motifs is 1. The third-order valence-electron chi connectivity index (χ3n) is 4.70. The van der Waals surface area contributed by atoms with Crippen molar-refractivity contribution in [3.05, 3.63) is 29.6 Å². The Kier molecular flexibility index (Phi) is 7.44. The lowest BCUT2D eigenvalue weighted by atomic mass is 10.2. The number of rotatable bonds is 11. The van der Waals surface area contributed by atoms with Crippen molar-refractivity contribution in [3.8, 4) is 0 Å². The fraction of sp³-hybridized carbons (Fsp3) is 0.600. The van der Waals surface area contributed by atoms with Crippen LogP contribution < -0.4 is 0 Å². The van der Waals surface area contributed by atoms with E-state index in [1.807, 2.05) is 13.0 Å². The molecule has 0 amide bonds. The van der Waals surface area contributed by atoms with Crippen molar-refractivity contribution in [2.75, 3.05) is 19.6 Å². The molecule has 2 aromatic rings. The topological polar surface area (TPSA) is 58.4 Å². The third-order valence-corrected chi connectivity index (χ3v) is 4.70. The number of aromatic carboxylic acids is 1. The molecule has 1 N–H and O–H groups in total. The molecule has 0 fully saturated rings. The number of hydrogen-bond acceptors (Lipinski definition) is 3. The second-order valence-corrected chi connectivity index (χ2v) is 6.72. The van der Waals surface area contributed by atoms with Crippen LogP contribution in [0.4, 0.5) is 0 Å². The van der Waals surface area contributed by atoms with Crippen LogP contribution in [0.2, 0.25) is 0 Å². The van der Waals surface area contributed by atoms with Gasteiger partial charge < -0.3 is 14.6 Å². The first kappa shape index (κ1) is 19.4. The highest BCUT2D eigenvalue weighted by atomic mass is 16.4. The molecule has 0 aliphatic carbocycles. The first-order chi connectivity index (χ1) is 12.1. The molecule has 0 radical (unpaired) electrons. The smallest absolute Gasteiger partial charge is 0.335 e. The quantitative estimate of drug-likeness (QED) is 0.658. The molecule has 0 saturated carbocycles. The van der Waals surface area contributed by atoms with E-state index >= 15 is 0 Å². The number of imidazole rings is 1. The van der Waals surface area contributed by atoms with Gasteiger partial charge in [-0.2, -0.15) is 0 Å². The highest BCUT2D eigenvalue weighted by Gasteiger charge is 2.11. The second-order valence-electron chi connectivity index (χ2n) is 6.72. The maximum atomic E-state index is 11.1. The summed E-state index contributed by atoms with van der Waals surface area (Å²) >= 11 is 0. The van der Waals surface area contributed by atoms with Crippen LogP contribution in [0.5, 0.6) is 0 Å². The zero-order chi connectivity index (χ0) is 18.2. The Balaban J connectivity index is 2.01. The van der Waals surface area contributed by atoms with Crippen molar-refractivity contribution >= 4 is 17.0 Å². The van der Waals surface area contributed by atoms with Crippen molar-refractivity contribution in [1.29, 1.82) is 0 Å². The Morgan fingerprint density at radius 1 is 1.12 bits per heavy atom. The molecule has 1 aromatic heterocycles. The van der Waals surface area contributed by atoms with Crippen LogP contribution in [0.3, 0.4) is 0 Å². The van der Waals surface area contributed by atoms with E-state index < -0.39 is 5.97 Å². The fourth-order valence-corrected chi connectivity index (χ4v) is 3.22. The zero-order valence-corrected chi connectivity index (χ0v) is 15.8. The molecule has 0 unspecified atom stereocenters. The van der Waals surface area contributed by atoms with Crippen molar-refractivity contribution in [2.24, 2.45) is 0 Å². The summed E-state index contributed by atoms with van der Waals surface area (Å²) in [7, 11) is 0. The molecule has 25 heavy (non-hydrogen) atoms. The Hall–Kier alpha value is -1.88. The Bertz CT molecular complexity index is 686. The maximum Gasteiger partial charge on any atom is 0.335 e. The standard InChI is InChI=1S/C20H31N3O2/c1-4-6-11-22(12-7-5-2)13-8-14-23-16(3)21-18-15-17(20(24)25)9-10-19(18)23/h9-10,15H,4-8,11-14H2,1-3H3,(H,24,25). The van der Waals surface area contributed by atoms with Crippen molar-refractivity contribution < 1.29 is 9.90 Å². The monoisotopic (exact) mass is 345 g/mol. The summed E-state index contributed by atoms with van der Waals surface area (Å²) in [6, 6.07) is 5.21. The normalized spacial score (nSPS) is 11.5. The average Bonchev–Trinajstić information content (AvgIpc) is 2.91. The van der Waals surface area contributed by atoms with Gasteiger partial charge >= 0.3 is 5.97 Å². The van der Waals surface area contributed by atoms with E-state index in [1.54, 1.807) is 12.1 Å². The van der Waals surface area contributed by atoms with Crippen LogP contribution in [0.1, 0.15) is 62.1 Å². The highest BCUT2D eigenvalue weighted by molar-refractivity contribution is 5.92.